The molecule has 0 radical (unpaired) electrons. The van der Waals surface area contributed by atoms with E-state index in [-0.39, 0.29) is 0 Å². The van der Waals surface area contributed by atoms with Crippen molar-refractivity contribution in [2.45, 2.75) is 32.8 Å². The van der Waals surface area contributed by atoms with Crippen LogP contribution in [0.4, 0.5) is 0 Å². The largest absolute Gasteiger partial charge is 0.391 e. The Bertz CT molecular complexity index is 208. The highest BCUT2D eigenvalue weighted by Gasteiger charge is 2.40. The van der Waals surface area contributed by atoms with Gasteiger partial charge in [0.2, 0.25) is 5.91 Å². The van der Waals surface area contributed by atoms with Gasteiger partial charge in [-0.1, -0.05) is 13.3 Å². The minimum Gasteiger partial charge on any atom is -0.391 e. The van der Waals surface area contributed by atoms with Crippen molar-refractivity contribution in [3.05, 3.63) is 0 Å². The molecule has 68 valence electrons. The predicted octanol–water partition coefficient (Wildman–Crippen LogP) is 0.163. The first-order chi connectivity index (χ1) is 5.51. The molecule has 4 nitrogen and oxygen atoms in total. The van der Waals surface area contributed by atoms with Gasteiger partial charge in [0.1, 0.15) is 0 Å². The molecule has 0 aromatic carbocycles. The number of amides is 1. The molecule has 0 fully saturated rings. The number of nitriles is 1. The molecule has 0 rings (SSSR count). The maximum absolute atomic E-state index is 10.9. The van der Waals surface area contributed by atoms with E-state index in [0.717, 1.165) is 0 Å². The summed E-state index contributed by atoms with van der Waals surface area (Å²) in [4.78, 5) is 10.9. The van der Waals surface area contributed by atoms with Gasteiger partial charge in [0, 0.05) is 0 Å². The van der Waals surface area contributed by atoms with Crippen LogP contribution >= 0.6 is 0 Å². The van der Waals surface area contributed by atoms with E-state index in [4.69, 9.17) is 11.0 Å². The van der Waals surface area contributed by atoms with Gasteiger partial charge in [0.05, 0.1) is 12.2 Å². The standard InChI is InChI=1S/C8H14N2O2/c1-3-4-8(5-9,6(2)11)7(10)12/h6,11H,3-4H2,1-2H3,(H2,10,12). The third-order valence-corrected chi connectivity index (χ3v) is 2.00. The lowest BCUT2D eigenvalue weighted by atomic mass is 9.79. The van der Waals surface area contributed by atoms with Gasteiger partial charge in [-0.05, 0) is 13.3 Å². The number of carbonyl (C=O) groups excluding carboxylic acids is 1. The lowest BCUT2D eigenvalue weighted by Gasteiger charge is -2.25. The number of aliphatic hydroxyl groups excluding tert-OH is 1. The van der Waals surface area contributed by atoms with Crippen LogP contribution in [0.3, 0.4) is 0 Å². The third-order valence-electron chi connectivity index (χ3n) is 2.00. The van der Waals surface area contributed by atoms with Crippen LogP contribution < -0.4 is 5.73 Å². The molecular formula is C8H14N2O2. The number of carbonyl (C=O) groups is 1. The molecule has 12 heavy (non-hydrogen) atoms. The molecule has 0 heterocycles. The van der Waals surface area contributed by atoms with E-state index >= 15 is 0 Å². The summed E-state index contributed by atoms with van der Waals surface area (Å²) in [5.74, 6) is -0.748. The van der Waals surface area contributed by atoms with Gasteiger partial charge in [-0.3, -0.25) is 4.79 Å². The van der Waals surface area contributed by atoms with Crippen LogP contribution in [-0.4, -0.2) is 17.1 Å². The molecule has 0 saturated heterocycles. The van der Waals surface area contributed by atoms with Crippen LogP contribution in [0.5, 0.6) is 0 Å². The molecule has 1 amide bonds. The molecule has 0 bridgehead atoms. The molecule has 2 unspecified atom stereocenters. The van der Waals surface area contributed by atoms with Gasteiger partial charge < -0.3 is 10.8 Å². The SMILES string of the molecule is CCCC(C#N)(C(N)=O)C(C)O. The van der Waals surface area contributed by atoms with Crippen molar-refractivity contribution in [1.82, 2.24) is 0 Å². The van der Waals surface area contributed by atoms with E-state index in [1.54, 1.807) is 6.07 Å². The van der Waals surface area contributed by atoms with Gasteiger partial charge in [0.25, 0.3) is 0 Å². The predicted molar refractivity (Wildman–Crippen MR) is 43.8 cm³/mol. The first-order valence-electron chi connectivity index (χ1n) is 3.90. The van der Waals surface area contributed by atoms with Crippen molar-refractivity contribution in [1.29, 1.82) is 5.26 Å². The fourth-order valence-corrected chi connectivity index (χ4v) is 1.14. The molecule has 0 aromatic rings. The smallest absolute Gasteiger partial charge is 0.240 e. The zero-order valence-corrected chi connectivity index (χ0v) is 7.37. The van der Waals surface area contributed by atoms with Crippen LogP contribution in [0.2, 0.25) is 0 Å². The fraction of sp³-hybridized carbons (Fsp3) is 0.750. The molecule has 0 spiro atoms. The van der Waals surface area contributed by atoms with Gasteiger partial charge in [-0.25, -0.2) is 0 Å². The topological polar surface area (TPSA) is 87.1 Å². The highest BCUT2D eigenvalue weighted by atomic mass is 16.3. The molecule has 0 aromatic heterocycles. The van der Waals surface area contributed by atoms with E-state index in [2.05, 4.69) is 0 Å². The Labute approximate surface area is 72.0 Å². The molecule has 3 N–H and O–H groups in total. The van der Waals surface area contributed by atoms with Crippen molar-refractivity contribution in [2.24, 2.45) is 11.1 Å². The van der Waals surface area contributed by atoms with Crippen LogP contribution in [0.15, 0.2) is 0 Å². The minimum atomic E-state index is -1.41. The van der Waals surface area contributed by atoms with E-state index in [9.17, 15) is 9.90 Å². The highest BCUT2D eigenvalue weighted by Crippen LogP contribution is 2.26. The average molecular weight is 170 g/mol. The highest BCUT2D eigenvalue weighted by molar-refractivity contribution is 5.84. The lowest BCUT2D eigenvalue weighted by Crippen LogP contribution is -2.44. The fourth-order valence-electron chi connectivity index (χ4n) is 1.14. The first kappa shape index (κ1) is 10.9. The summed E-state index contributed by atoms with van der Waals surface area (Å²) >= 11 is 0. The second-order valence-corrected chi connectivity index (χ2v) is 2.87. The summed E-state index contributed by atoms with van der Waals surface area (Å²) in [6, 6.07) is 1.79. The van der Waals surface area contributed by atoms with Gasteiger partial charge in [-0.15, -0.1) is 0 Å². The van der Waals surface area contributed by atoms with Crippen molar-refractivity contribution < 1.29 is 9.90 Å². The number of hydrogen-bond donors (Lipinski definition) is 2. The normalized spacial score (nSPS) is 17.5. The molecule has 0 aliphatic rings. The van der Waals surface area contributed by atoms with E-state index in [0.29, 0.717) is 12.8 Å². The van der Waals surface area contributed by atoms with Gasteiger partial charge >= 0.3 is 0 Å². The van der Waals surface area contributed by atoms with Crippen LogP contribution in [-0.2, 0) is 4.79 Å². The Kier molecular flexibility index (Phi) is 3.71. The molecule has 0 saturated carbocycles. The lowest BCUT2D eigenvalue weighted by molar-refractivity contribution is -0.129. The second-order valence-electron chi connectivity index (χ2n) is 2.87. The van der Waals surface area contributed by atoms with Crippen LogP contribution in [0.25, 0.3) is 0 Å². The zero-order valence-electron chi connectivity index (χ0n) is 7.37. The monoisotopic (exact) mass is 170 g/mol. The number of nitrogens with zero attached hydrogens (tertiary/aromatic N) is 1. The maximum atomic E-state index is 10.9. The van der Waals surface area contributed by atoms with Crippen molar-refractivity contribution in [3.63, 3.8) is 0 Å². The molecular weight excluding hydrogens is 156 g/mol. The number of aliphatic hydroxyl groups is 1. The maximum Gasteiger partial charge on any atom is 0.240 e. The van der Waals surface area contributed by atoms with Gasteiger partial charge in [0.15, 0.2) is 5.41 Å². The Balaban J connectivity index is 4.80. The Hall–Kier alpha value is -1.08. The molecule has 0 aliphatic carbocycles. The Morgan fingerprint density at radius 3 is 2.42 bits per heavy atom. The molecule has 0 aliphatic heterocycles. The van der Waals surface area contributed by atoms with Crippen LogP contribution in [0.1, 0.15) is 26.7 Å². The number of nitrogens with two attached hydrogens (primary N) is 1. The average Bonchev–Trinajstić information content (AvgIpc) is 1.98. The van der Waals surface area contributed by atoms with Gasteiger partial charge in [-0.2, -0.15) is 5.26 Å². The number of hydrogen-bond acceptors (Lipinski definition) is 3. The van der Waals surface area contributed by atoms with Crippen LogP contribution in [0, 0.1) is 16.7 Å². The summed E-state index contributed by atoms with van der Waals surface area (Å²) in [6.07, 6.45) is -0.0716. The van der Waals surface area contributed by atoms with Crippen molar-refractivity contribution in [2.75, 3.05) is 0 Å². The van der Waals surface area contributed by atoms with Crippen molar-refractivity contribution >= 4 is 5.91 Å². The summed E-state index contributed by atoms with van der Waals surface area (Å²) in [7, 11) is 0. The Morgan fingerprint density at radius 2 is 2.33 bits per heavy atom. The van der Waals surface area contributed by atoms with E-state index in [1.165, 1.54) is 6.92 Å². The quantitative estimate of drug-likeness (QED) is 0.630. The molecule has 2 atom stereocenters. The summed E-state index contributed by atoms with van der Waals surface area (Å²) < 4.78 is 0. The second kappa shape index (κ2) is 4.07. The first-order valence-corrected chi connectivity index (χ1v) is 3.90. The summed E-state index contributed by atoms with van der Waals surface area (Å²) in [5, 5.41) is 18.0. The van der Waals surface area contributed by atoms with Crippen molar-refractivity contribution in [3.8, 4) is 6.07 Å². The van der Waals surface area contributed by atoms with E-state index < -0.39 is 17.4 Å². The zero-order chi connectivity index (χ0) is 9.78. The number of primary amides is 1. The Morgan fingerprint density at radius 1 is 1.83 bits per heavy atom. The summed E-state index contributed by atoms with van der Waals surface area (Å²) in [5.41, 5.74) is 3.64. The summed E-state index contributed by atoms with van der Waals surface area (Å²) in [6.45, 7) is 3.24. The third kappa shape index (κ3) is 1.74. The number of rotatable bonds is 4. The molecule has 4 heteroatoms. The minimum absolute atomic E-state index is 0.302. The van der Waals surface area contributed by atoms with E-state index in [1.807, 2.05) is 6.92 Å².